The molecule has 1 N–H and O–H groups in total. The van der Waals surface area contributed by atoms with Gasteiger partial charge in [0, 0.05) is 45.8 Å². The van der Waals surface area contributed by atoms with Gasteiger partial charge in [0.1, 0.15) is 18.6 Å². The van der Waals surface area contributed by atoms with Crippen LogP contribution >= 0.6 is 11.6 Å². The molecule has 4 aromatic rings. The standard InChI is InChI=1S/C34H29ClN4O6.Ni/c1-21(25-11-5-6-12-27(25)38-32(41)28-13-7-8-18-36-28)37-31(33(42)43)26(22-14-16-24(35)17-15-22)19-30(40)39-29(20-45-34(39)44)23-9-3-2-4-10-23;/h2-18,26,29,31H,19-20H2,1H3,(H2,37,38,41,42,43);/p-1/t26-,29-,31+;/m1./s1. The van der Waals surface area contributed by atoms with Gasteiger partial charge in [0.25, 0.3) is 0 Å². The topological polar surface area (TPSA) is 140 Å². The first-order chi connectivity index (χ1) is 21.7. The number of imide groups is 1. The van der Waals surface area contributed by atoms with Gasteiger partial charge in [-0.3, -0.25) is 14.8 Å². The van der Waals surface area contributed by atoms with Crippen molar-refractivity contribution in [3.8, 4) is 0 Å². The van der Waals surface area contributed by atoms with E-state index >= 15 is 0 Å². The Kier molecular flexibility index (Phi) is 11.4. The summed E-state index contributed by atoms with van der Waals surface area (Å²) < 4.78 is 5.23. The number of hydrogen-bond acceptors (Lipinski definition) is 7. The Bertz CT molecular complexity index is 1740. The summed E-state index contributed by atoms with van der Waals surface area (Å²) in [5.74, 6) is -3.46. The monoisotopic (exact) mass is 681 g/mol. The minimum absolute atomic E-state index is 0. The van der Waals surface area contributed by atoms with Gasteiger partial charge in [-0.15, -0.1) is 5.69 Å². The smallest absolute Gasteiger partial charge is 0.417 e. The predicted molar refractivity (Wildman–Crippen MR) is 168 cm³/mol. The van der Waals surface area contributed by atoms with Gasteiger partial charge in [-0.1, -0.05) is 84.4 Å². The molecule has 0 radical (unpaired) electrons. The second-order valence-electron chi connectivity index (χ2n) is 10.3. The molecule has 1 aliphatic heterocycles. The normalized spacial score (nSPS) is 15.7. The Morgan fingerprint density at radius 2 is 1.67 bits per heavy atom. The predicted octanol–water partition coefficient (Wildman–Crippen LogP) is 6.73. The van der Waals surface area contributed by atoms with Crippen LogP contribution in [0.15, 0.2) is 108 Å². The van der Waals surface area contributed by atoms with Crippen LogP contribution in [0.3, 0.4) is 0 Å². The van der Waals surface area contributed by atoms with Crippen molar-refractivity contribution >= 4 is 46.9 Å². The number of carbonyl (C=O) groups excluding carboxylic acids is 3. The van der Waals surface area contributed by atoms with E-state index < -0.39 is 41.9 Å². The summed E-state index contributed by atoms with van der Waals surface area (Å²) in [6.45, 7) is 1.59. The van der Waals surface area contributed by atoms with E-state index in [0.29, 0.717) is 21.7 Å². The molecule has 0 bridgehead atoms. The van der Waals surface area contributed by atoms with Crippen LogP contribution in [0.5, 0.6) is 0 Å². The molecule has 1 aliphatic rings. The molecule has 3 aromatic carbocycles. The number of nitrogens with zero attached hydrogens (tertiary/aromatic N) is 4. The number of aliphatic carboxylic acids is 1. The van der Waals surface area contributed by atoms with Gasteiger partial charge in [0.15, 0.2) is 6.04 Å². The molecular formula is C34H28ClN4NiO6-. The molecule has 0 unspecified atom stereocenters. The fraction of sp³-hybridized carbons (Fsp3) is 0.176. The molecule has 10 nitrogen and oxygen atoms in total. The van der Waals surface area contributed by atoms with Gasteiger partial charge in [-0.2, -0.15) is 0 Å². The number of aromatic nitrogens is 1. The van der Waals surface area contributed by atoms with Crippen molar-refractivity contribution < 1.29 is 45.5 Å². The molecule has 2 heterocycles. The zero-order chi connectivity index (χ0) is 31.9. The number of benzene rings is 3. The number of cyclic esters (lactones) is 1. The molecule has 3 amide bonds. The van der Waals surface area contributed by atoms with E-state index in [1.807, 2.05) is 6.07 Å². The number of hydrogen-bond donors (Lipinski definition) is 1. The molecular weight excluding hydrogens is 655 g/mol. The van der Waals surface area contributed by atoms with Crippen molar-refractivity contribution in [1.29, 1.82) is 0 Å². The van der Waals surface area contributed by atoms with Crippen LogP contribution in [-0.2, 0) is 30.8 Å². The molecule has 238 valence electrons. The Morgan fingerprint density at radius 1 is 1.00 bits per heavy atom. The molecule has 1 saturated heterocycles. The van der Waals surface area contributed by atoms with Crippen LogP contribution in [0.4, 0.5) is 10.5 Å². The first kappa shape index (κ1) is 34.0. The number of pyridine rings is 1. The zero-order valence-electron chi connectivity index (χ0n) is 24.4. The van der Waals surface area contributed by atoms with E-state index in [1.165, 1.54) is 6.20 Å². The quantitative estimate of drug-likeness (QED) is 0.144. The molecule has 12 heteroatoms. The van der Waals surface area contributed by atoms with Crippen molar-refractivity contribution in [3.05, 3.63) is 136 Å². The van der Waals surface area contributed by atoms with Gasteiger partial charge in [0.2, 0.25) is 5.91 Å². The summed E-state index contributed by atoms with van der Waals surface area (Å²) in [4.78, 5) is 61.8. The number of carboxylic acid groups (broad SMARTS) is 1. The van der Waals surface area contributed by atoms with Gasteiger partial charge >= 0.3 is 12.1 Å². The summed E-state index contributed by atoms with van der Waals surface area (Å²) in [7, 11) is 0. The number of para-hydroxylation sites is 1. The van der Waals surface area contributed by atoms with E-state index in [9.17, 15) is 24.3 Å². The maximum absolute atomic E-state index is 13.8. The van der Waals surface area contributed by atoms with Crippen LogP contribution in [0.1, 0.15) is 52.5 Å². The number of halogens is 1. The van der Waals surface area contributed by atoms with Crippen molar-refractivity contribution in [2.75, 3.05) is 6.61 Å². The van der Waals surface area contributed by atoms with Crippen LogP contribution < -0.4 is 0 Å². The number of amides is 3. The van der Waals surface area contributed by atoms with E-state index in [2.05, 4.69) is 15.3 Å². The summed E-state index contributed by atoms with van der Waals surface area (Å²) in [6, 6.07) is 24.9. The van der Waals surface area contributed by atoms with Crippen LogP contribution in [0.25, 0.3) is 5.32 Å². The minimum Gasteiger partial charge on any atom is -0.621 e. The largest absolute Gasteiger partial charge is 0.621 e. The summed E-state index contributed by atoms with van der Waals surface area (Å²) >= 11 is 6.12. The number of aliphatic imine (C=N–C) groups is 1. The number of carbonyl (C=O) groups is 4. The average molecular weight is 683 g/mol. The van der Waals surface area contributed by atoms with Gasteiger partial charge in [-0.05, 0) is 47.9 Å². The zero-order valence-corrected chi connectivity index (χ0v) is 26.2. The van der Waals surface area contributed by atoms with Crippen LogP contribution in [-0.4, -0.2) is 57.2 Å². The summed E-state index contributed by atoms with van der Waals surface area (Å²) in [6.07, 6.45) is 0.321. The Hall–Kier alpha value is -4.86. The third kappa shape index (κ3) is 7.86. The van der Waals surface area contributed by atoms with Gasteiger partial charge in [0.05, 0.1) is 5.69 Å². The van der Waals surface area contributed by atoms with E-state index in [4.69, 9.17) is 16.3 Å². The van der Waals surface area contributed by atoms with Crippen LogP contribution in [0.2, 0.25) is 5.02 Å². The number of rotatable bonds is 10. The maximum atomic E-state index is 13.8. The van der Waals surface area contributed by atoms with Gasteiger partial charge in [-0.25, -0.2) is 14.5 Å². The first-order valence-electron chi connectivity index (χ1n) is 14.1. The van der Waals surface area contributed by atoms with Crippen molar-refractivity contribution in [3.63, 3.8) is 0 Å². The van der Waals surface area contributed by atoms with Crippen LogP contribution in [0, 0.1) is 0 Å². The summed E-state index contributed by atoms with van der Waals surface area (Å²) in [5.41, 5.74) is 2.35. The Balaban J connectivity index is 0.00000480. The Morgan fingerprint density at radius 3 is 2.35 bits per heavy atom. The van der Waals surface area contributed by atoms with Gasteiger partial charge < -0.3 is 20.0 Å². The maximum Gasteiger partial charge on any atom is 0.417 e. The fourth-order valence-corrected chi connectivity index (χ4v) is 5.28. The molecule has 1 aromatic heterocycles. The van der Waals surface area contributed by atoms with E-state index in [-0.39, 0.29) is 46.6 Å². The molecule has 0 saturated carbocycles. The third-order valence-electron chi connectivity index (χ3n) is 7.39. The molecule has 3 atom stereocenters. The molecule has 0 aliphatic carbocycles. The SMILES string of the molecule is CC(=N[C@H](C(=O)O)[C@H](CC(=O)N1C(=O)OC[C@@H]1c1ccccc1)c1ccc(Cl)cc1)c1ccccc1[N-]C(=O)c1ccccn1.[Ni]. The molecule has 1 fully saturated rings. The molecule has 5 rings (SSSR count). The first-order valence-corrected chi connectivity index (χ1v) is 14.4. The van der Waals surface area contributed by atoms with E-state index in [0.717, 1.165) is 4.90 Å². The minimum atomic E-state index is -1.46. The second-order valence-corrected chi connectivity index (χ2v) is 10.7. The van der Waals surface area contributed by atoms with Crippen molar-refractivity contribution in [2.45, 2.75) is 31.3 Å². The number of ether oxygens (including phenoxy) is 1. The van der Waals surface area contributed by atoms with E-state index in [1.54, 1.807) is 97.9 Å². The number of carboxylic acids is 1. The second kappa shape index (κ2) is 15.4. The molecule has 46 heavy (non-hydrogen) atoms. The van der Waals surface area contributed by atoms with Crippen molar-refractivity contribution in [1.82, 2.24) is 9.88 Å². The van der Waals surface area contributed by atoms with Crippen molar-refractivity contribution in [2.24, 2.45) is 4.99 Å². The Labute approximate surface area is 280 Å². The third-order valence-corrected chi connectivity index (χ3v) is 7.64. The summed E-state index contributed by atoms with van der Waals surface area (Å²) in [5, 5.41) is 15.1. The average Bonchev–Trinajstić information content (AvgIpc) is 3.45. The fourth-order valence-electron chi connectivity index (χ4n) is 5.15. The molecule has 0 spiro atoms.